The summed E-state index contributed by atoms with van der Waals surface area (Å²) in [6.07, 6.45) is 0. The molecule has 9 aromatic rings. The first-order valence-electron chi connectivity index (χ1n) is 33.1. The van der Waals surface area contributed by atoms with Gasteiger partial charge in [-0.3, -0.25) is 0 Å². The first kappa shape index (κ1) is 71.8. The second-order valence-electron chi connectivity index (χ2n) is 29.0. The summed E-state index contributed by atoms with van der Waals surface area (Å²) in [5, 5.41) is 14.0. The molecule has 9 aromatic carbocycles. The van der Waals surface area contributed by atoms with Crippen molar-refractivity contribution in [2.75, 3.05) is 17.3 Å². The van der Waals surface area contributed by atoms with Crippen molar-refractivity contribution in [3.05, 3.63) is 285 Å². The molecule has 0 spiro atoms. The average Bonchev–Trinajstić information content (AvgIpc) is 0.734. The second-order valence-corrected chi connectivity index (χ2v) is 57.8. The van der Waals surface area contributed by atoms with Gasteiger partial charge in [-0.1, -0.05) is 217 Å². The Kier molecular flexibility index (Phi) is 25.7. The fourth-order valence-electron chi connectivity index (χ4n) is 10.3. The molecular weight excluding hydrogens is 1290 g/mol. The van der Waals surface area contributed by atoms with Crippen LogP contribution in [0.2, 0.25) is 96.7 Å². The zero-order valence-electron chi connectivity index (χ0n) is 57.8. The lowest BCUT2D eigenvalue weighted by atomic mass is 10.1. The molecule has 9 rings (SSSR count). The van der Waals surface area contributed by atoms with Crippen LogP contribution in [-0.4, -0.2) is 57.6 Å². The highest BCUT2D eigenvalue weighted by molar-refractivity contribution is 7.99. The standard InChI is InChI=1S/C85H90N2S3Si5/c1-91(2,3)58-54-73-32-44-81(45-33-73)87-86-80-42-30-68(31-43-80)22-23-69-34-46-82(47-35-69)95(83-48-36-70(37-49-83)24-27-74-16-13-19-77(62-74)65-88-55-59-92(4,5)6,84-50-38-71(39-51-84)25-28-75-17-14-20-78(63-75)66-89-56-60-93(7,8)9)85-52-40-72(41-53-85)26-29-76-18-15-21-79(64-76)67-90-57-61-94(10,11)12/h13-21,30-53,62-64H,55-57,59-61,65-67H2,1-12H3. The van der Waals surface area contributed by atoms with Gasteiger partial charge < -0.3 is 0 Å². The van der Waals surface area contributed by atoms with E-state index < -0.39 is 40.4 Å². The Morgan fingerprint density at radius 2 is 0.516 bits per heavy atom. The van der Waals surface area contributed by atoms with Crippen molar-refractivity contribution < 1.29 is 0 Å². The summed E-state index contributed by atoms with van der Waals surface area (Å²) in [5.74, 6) is 38.1. The SMILES string of the molecule is C[Si](C)(C)C#Cc1ccc(N=Nc2ccc(C#Cc3ccc([Si](c4ccc(C#Cc5cccc(CSCC[Si](C)(C)C)c5)cc4)(c4ccc(C#Cc5cccc(CSCC[Si](C)(C)C)c5)cc4)c4ccc(C#Cc5cccc(CSCC[Si](C)(C)C)c5)cc4)cc3)cc2)cc1. The highest BCUT2D eigenvalue weighted by Crippen LogP contribution is 2.24. The number of benzene rings is 9. The molecule has 0 amide bonds. The molecule has 0 aromatic heterocycles. The minimum atomic E-state index is -3.11. The van der Waals surface area contributed by atoms with Gasteiger partial charge in [-0.05, 0) is 206 Å². The molecule has 0 bridgehead atoms. The van der Waals surface area contributed by atoms with Crippen molar-refractivity contribution in [1.29, 1.82) is 0 Å². The topological polar surface area (TPSA) is 24.7 Å². The third-order valence-electron chi connectivity index (χ3n) is 15.9. The van der Waals surface area contributed by atoms with Crippen molar-refractivity contribution >= 4 is 108 Å². The van der Waals surface area contributed by atoms with Crippen LogP contribution >= 0.6 is 35.3 Å². The predicted octanol–water partition coefficient (Wildman–Crippen LogP) is 20.0. The third kappa shape index (κ3) is 23.7. The first-order chi connectivity index (χ1) is 45.5. The van der Waals surface area contributed by atoms with Crippen molar-refractivity contribution in [2.24, 2.45) is 10.2 Å². The van der Waals surface area contributed by atoms with E-state index in [1.165, 1.54) is 72.8 Å². The van der Waals surface area contributed by atoms with E-state index in [4.69, 9.17) is 0 Å². The van der Waals surface area contributed by atoms with Crippen molar-refractivity contribution in [2.45, 2.75) is 114 Å². The molecule has 0 aliphatic rings. The Balaban J connectivity index is 1.06. The van der Waals surface area contributed by atoms with Gasteiger partial charge in [-0.25, -0.2) is 0 Å². The summed E-state index contributed by atoms with van der Waals surface area (Å²) in [5.41, 5.74) is 17.8. The molecule has 0 aliphatic heterocycles. The Hall–Kier alpha value is -7.49. The summed E-state index contributed by atoms with van der Waals surface area (Å²) in [6.45, 7) is 28.8. The van der Waals surface area contributed by atoms with Crippen molar-refractivity contribution in [3.63, 3.8) is 0 Å². The summed E-state index contributed by atoms with van der Waals surface area (Å²) < 4.78 is 0. The zero-order chi connectivity index (χ0) is 67.3. The van der Waals surface area contributed by atoms with E-state index in [9.17, 15) is 0 Å². The fourth-order valence-corrected chi connectivity index (χ4v) is 26.3. The maximum Gasteiger partial charge on any atom is 0.179 e. The highest BCUT2D eigenvalue weighted by Gasteiger charge is 2.41. The normalized spacial score (nSPS) is 11.6. The van der Waals surface area contributed by atoms with Crippen LogP contribution < -0.4 is 20.7 Å². The van der Waals surface area contributed by atoms with Gasteiger partial charge in [0.15, 0.2) is 8.07 Å². The molecule has 0 fully saturated rings. The molecule has 10 heteroatoms. The number of rotatable bonds is 21. The number of nitrogens with zero attached hydrogens (tertiary/aromatic N) is 2. The first-order valence-corrected chi connectivity index (χ1v) is 53.2. The highest BCUT2D eigenvalue weighted by atomic mass is 32.2. The number of hydrogen-bond acceptors (Lipinski definition) is 5. The molecule has 0 heterocycles. The molecule has 0 atom stereocenters. The second kappa shape index (κ2) is 33.9. The minimum absolute atomic E-state index is 0.762. The Morgan fingerprint density at radius 3 is 0.768 bits per heavy atom. The molecule has 478 valence electrons. The minimum Gasteiger partial charge on any atom is -0.158 e. The maximum absolute atomic E-state index is 4.53. The Morgan fingerprint density at radius 1 is 0.274 bits per heavy atom. The zero-order valence-corrected chi connectivity index (χ0v) is 65.2. The monoisotopic (exact) mass is 1370 g/mol. The van der Waals surface area contributed by atoms with Crippen LogP contribution in [-0.2, 0) is 17.3 Å². The summed E-state index contributed by atoms with van der Waals surface area (Å²) in [4.78, 5) is 0. The van der Waals surface area contributed by atoms with E-state index in [0.717, 1.165) is 78.7 Å². The van der Waals surface area contributed by atoms with Crippen LogP contribution in [0.25, 0.3) is 0 Å². The molecule has 95 heavy (non-hydrogen) atoms. The van der Waals surface area contributed by atoms with Gasteiger partial charge in [-0.15, -0.1) is 5.54 Å². The molecule has 0 radical (unpaired) electrons. The van der Waals surface area contributed by atoms with Gasteiger partial charge >= 0.3 is 0 Å². The van der Waals surface area contributed by atoms with E-state index in [2.05, 4.69) is 317 Å². The number of thioether (sulfide) groups is 3. The van der Waals surface area contributed by atoms with Gasteiger partial charge in [0.1, 0.15) is 8.07 Å². The lowest BCUT2D eigenvalue weighted by Crippen LogP contribution is -2.74. The maximum atomic E-state index is 4.53. The number of azo groups is 1. The summed E-state index contributed by atoms with van der Waals surface area (Å²) in [6, 6.07) is 82.4. The molecule has 0 aliphatic carbocycles. The van der Waals surface area contributed by atoms with Gasteiger partial charge in [0.2, 0.25) is 0 Å². The lowest BCUT2D eigenvalue weighted by molar-refractivity contribution is 1.23. The van der Waals surface area contributed by atoms with E-state index in [1.54, 1.807) is 0 Å². The molecule has 0 N–H and O–H groups in total. The van der Waals surface area contributed by atoms with Crippen molar-refractivity contribution in [3.8, 4) is 58.8 Å². The van der Waals surface area contributed by atoms with Gasteiger partial charge in [0.25, 0.3) is 0 Å². The fraction of sp³-hybridized carbons (Fsp3) is 0.247. The van der Waals surface area contributed by atoms with Gasteiger partial charge in [-0.2, -0.15) is 45.5 Å². The Bertz CT molecular complexity index is 4090. The van der Waals surface area contributed by atoms with Gasteiger partial charge in [0, 0.05) is 91.6 Å². The predicted molar refractivity (Wildman–Crippen MR) is 434 cm³/mol. The lowest BCUT2D eigenvalue weighted by Gasteiger charge is -2.34. The molecule has 0 saturated carbocycles. The van der Waals surface area contributed by atoms with Crippen molar-refractivity contribution in [1.82, 2.24) is 0 Å². The summed E-state index contributed by atoms with van der Waals surface area (Å²) in [7, 11) is -7.80. The van der Waals surface area contributed by atoms with Gasteiger partial charge in [0.05, 0.1) is 11.4 Å². The average molecular weight is 1380 g/mol. The molecule has 2 nitrogen and oxygen atoms in total. The van der Waals surface area contributed by atoms with E-state index in [1.807, 2.05) is 83.8 Å². The molecule has 0 unspecified atom stereocenters. The van der Waals surface area contributed by atoms with E-state index >= 15 is 0 Å². The molecular formula is C85H90N2S3Si5. The third-order valence-corrected chi connectivity index (χ3v) is 31.0. The van der Waals surface area contributed by atoms with Crippen LogP contribution in [0.5, 0.6) is 0 Å². The van der Waals surface area contributed by atoms with Crippen LogP contribution in [0.4, 0.5) is 11.4 Å². The largest absolute Gasteiger partial charge is 0.179 e. The Labute approximate surface area is 588 Å². The van der Waals surface area contributed by atoms with E-state index in [0.29, 0.717) is 0 Å². The smallest absolute Gasteiger partial charge is 0.158 e. The van der Waals surface area contributed by atoms with Crippen LogP contribution in [0.15, 0.2) is 229 Å². The van der Waals surface area contributed by atoms with Crippen LogP contribution in [0.1, 0.15) is 66.8 Å². The molecule has 0 saturated heterocycles. The number of hydrogen-bond donors (Lipinski definition) is 0. The van der Waals surface area contributed by atoms with Crippen LogP contribution in [0.3, 0.4) is 0 Å². The van der Waals surface area contributed by atoms with E-state index in [-0.39, 0.29) is 0 Å². The quantitative estimate of drug-likeness (QED) is 0.0236. The summed E-state index contributed by atoms with van der Waals surface area (Å²) >= 11 is 6.10. The van der Waals surface area contributed by atoms with Crippen LogP contribution in [0, 0.1) is 58.8 Å².